The predicted octanol–water partition coefficient (Wildman–Crippen LogP) is 4.72. The van der Waals surface area contributed by atoms with Gasteiger partial charge in [0.25, 0.3) is 5.91 Å². The van der Waals surface area contributed by atoms with Crippen LogP contribution in [0, 0.1) is 0 Å². The third kappa shape index (κ3) is 2.25. The van der Waals surface area contributed by atoms with E-state index in [4.69, 9.17) is 23.2 Å². The quantitative estimate of drug-likeness (QED) is 0.862. The summed E-state index contributed by atoms with van der Waals surface area (Å²) in [5.74, 6) is 0.0768. The molecule has 5 heteroatoms. The highest BCUT2D eigenvalue weighted by Gasteiger charge is 2.42. The minimum atomic E-state index is -0.204. The summed E-state index contributed by atoms with van der Waals surface area (Å²) in [6.07, 6.45) is 1.89. The molecule has 1 aliphatic heterocycles. The predicted molar refractivity (Wildman–Crippen MR) is 88.5 cm³/mol. The van der Waals surface area contributed by atoms with Gasteiger partial charge in [0.15, 0.2) is 0 Å². The number of para-hydroxylation sites is 1. The van der Waals surface area contributed by atoms with E-state index in [2.05, 4.69) is 5.32 Å². The number of amides is 1. The zero-order chi connectivity index (χ0) is 15.3. The van der Waals surface area contributed by atoms with Crippen molar-refractivity contribution in [1.82, 2.24) is 4.90 Å². The van der Waals surface area contributed by atoms with Crippen LogP contribution < -0.4 is 5.32 Å². The van der Waals surface area contributed by atoms with Gasteiger partial charge in [-0.15, -0.1) is 0 Å². The van der Waals surface area contributed by atoms with Crippen LogP contribution in [-0.4, -0.2) is 16.8 Å². The first-order valence-electron chi connectivity index (χ1n) is 7.28. The average molecular weight is 333 g/mol. The van der Waals surface area contributed by atoms with Crippen molar-refractivity contribution in [2.45, 2.75) is 25.0 Å². The molecule has 1 aliphatic carbocycles. The fourth-order valence-corrected chi connectivity index (χ4v) is 3.23. The lowest BCUT2D eigenvalue weighted by Crippen LogP contribution is -2.44. The maximum absolute atomic E-state index is 12.9. The van der Waals surface area contributed by atoms with E-state index in [-0.39, 0.29) is 12.1 Å². The van der Waals surface area contributed by atoms with Crippen molar-refractivity contribution in [3.63, 3.8) is 0 Å². The fourth-order valence-electron chi connectivity index (χ4n) is 2.92. The number of rotatable bonds is 2. The van der Waals surface area contributed by atoms with E-state index >= 15 is 0 Å². The Bertz CT molecular complexity index is 758. The third-order valence-corrected chi connectivity index (χ3v) is 4.90. The van der Waals surface area contributed by atoms with Gasteiger partial charge in [0.1, 0.15) is 6.17 Å². The molecule has 2 aliphatic rings. The number of fused-ring (bicyclic) bond motifs is 1. The van der Waals surface area contributed by atoms with Crippen LogP contribution in [0.2, 0.25) is 10.0 Å². The highest BCUT2D eigenvalue weighted by Crippen LogP contribution is 2.41. The Morgan fingerprint density at radius 3 is 2.55 bits per heavy atom. The lowest BCUT2D eigenvalue weighted by molar-refractivity contribution is 0.0666. The Hall–Kier alpha value is -1.71. The van der Waals surface area contributed by atoms with Crippen LogP contribution in [0.25, 0.3) is 0 Å². The Labute approximate surface area is 138 Å². The summed E-state index contributed by atoms with van der Waals surface area (Å²) in [5.41, 5.74) is 2.54. The van der Waals surface area contributed by atoms with Crippen molar-refractivity contribution in [1.29, 1.82) is 0 Å². The van der Waals surface area contributed by atoms with E-state index in [1.54, 1.807) is 6.07 Å². The summed E-state index contributed by atoms with van der Waals surface area (Å²) in [6.45, 7) is 0. The summed E-state index contributed by atoms with van der Waals surface area (Å²) < 4.78 is 0. The second-order valence-corrected chi connectivity index (χ2v) is 6.52. The van der Waals surface area contributed by atoms with Gasteiger partial charge in [-0.25, -0.2) is 0 Å². The highest BCUT2D eigenvalue weighted by molar-refractivity contribution is 6.42. The molecule has 1 fully saturated rings. The Morgan fingerprint density at radius 1 is 1.05 bits per heavy atom. The maximum atomic E-state index is 12.9. The molecule has 4 rings (SSSR count). The van der Waals surface area contributed by atoms with Gasteiger partial charge in [-0.2, -0.15) is 0 Å². The van der Waals surface area contributed by atoms with Gasteiger partial charge in [0, 0.05) is 11.7 Å². The van der Waals surface area contributed by atoms with Crippen LogP contribution in [0.1, 0.15) is 34.9 Å². The molecule has 1 unspecified atom stereocenters. The van der Waals surface area contributed by atoms with Gasteiger partial charge in [0.05, 0.1) is 15.6 Å². The zero-order valence-corrected chi connectivity index (χ0v) is 13.2. The molecule has 22 heavy (non-hydrogen) atoms. The SMILES string of the molecule is O=C1c2ccccc2NC(c2ccc(Cl)c(Cl)c2)N1C1CC1. The first-order valence-corrected chi connectivity index (χ1v) is 8.04. The van der Waals surface area contributed by atoms with E-state index in [9.17, 15) is 4.79 Å². The van der Waals surface area contributed by atoms with Gasteiger partial charge >= 0.3 is 0 Å². The molecule has 2 aromatic rings. The van der Waals surface area contributed by atoms with Gasteiger partial charge in [0.2, 0.25) is 0 Å². The van der Waals surface area contributed by atoms with Crippen LogP contribution in [-0.2, 0) is 0 Å². The second kappa shape index (κ2) is 5.18. The summed E-state index contributed by atoms with van der Waals surface area (Å²) in [6, 6.07) is 13.4. The monoisotopic (exact) mass is 332 g/mol. The number of halogens is 2. The molecule has 1 N–H and O–H groups in total. The lowest BCUT2D eigenvalue weighted by Gasteiger charge is -2.38. The van der Waals surface area contributed by atoms with Crippen molar-refractivity contribution >= 4 is 34.8 Å². The number of hydrogen-bond acceptors (Lipinski definition) is 2. The summed E-state index contributed by atoms with van der Waals surface area (Å²) >= 11 is 12.2. The smallest absolute Gasteiger partial charge is 0.258 e. The minimum absolute atomic E-state index is 0.0768. The first-order chi connectivity index (χ1) is 10.6. The molecule has 1 amide bonds. The van der Waals surface area contributed by atoms with E-state index < -0.39 is 0 Å². The van der Waals surface area contributed by atoms with Crippen LogP contribution in [0.4, 0.5) is 5.69 Å². The van der Waals surface area contributed by atoms with Crippen LogP contribution in [0.5, 0.6) is 0 Å². The molecule has 0 saturated heterocycles. The molecule has 2 aromatic carbocycles. The van der Waals surface area contributed by atoms with E-state index in [0.717, 1.165) is 29.7 Å². The molecule has 0 bridgehead atoms. The maximum Gasteiger partial charge on any atom is 0.258 e. The Kier molecular flexibility index (Phi) is 3.28. The Morgan fingerprint density at radius 2 is 1.82 bits per heavy atom. The van der Waals surface area contributed by atoms with Gasteiger partial charge < -0.3 is 10.2 Å². The molecule has 0 spiro atoms. The van der Waals surface area contributed by atoms with Crippen LogP contribution in [0.15, 0.2) is 42.5 Å². The number of nitrogens with zero attached hydrogens (tertiary/aromatic N) is 1. The largest absolute Gasteiger partial charge is 0.361 e. The number of carbonyl (C=O) groups excluding carboxylic acids is 1. The topological polar surface area (TPSA) is 32.3 Å². The number of benzene rings is 2. The molecular formula is C17H14Cl2N2O. The number of carbonyl (C=O) groups is 1. The number of nitrogens with one attached hydrogen (secondary N) is 1. The van der Waals surface area contributed by atoms with Crippen LogP contribution in [0.3, 0.4) is 0 Å². The van der Waals surface area contributed by atoms with Crippen molar-refractivity contribution in [3.05, 3.63) is 63.6 Å². The average Bonchev–Trinajstić information content (AvgIpc) is 3.34. The van der Waals surface area contributed by atoms with Crippen LogP contribution >= 0.6 is 23.2 Å². The number of hydrogen-bond donors (Lipinski definition) is 1. The molecule has 0 radical (unpaired) electrons. The molecule has 3 nitrogen and oxygen atoms in total. The van der Waals surface area contributed by atoms with Gasteiger partial charge in [-0.3, -0.25) is 4.79 Å². The lowest BCUT2D eigenvalue weighted by atomic mass is 10.0. The third-order valence-electron chi connectivity index (χ3n) is 4.16. The molecule has 1 atom stereocenters. The van der Waals surface area contributed by atoms with Gasteiger partial charge in [-0.1, -0.05) is 41.4 Å². The van der Waals surface area contributed by atoms with Crippen molar-refractivity contribution in [3.8, 4) is 0 Å². The highest BCUT2D eigenvalue weighted by atomic mass is 35.5. The van der Waals surface area contributed by atoms with E-state index in [0.29, 0.717) is 16.1 Å². The Balaban J connectivity index is 1.80. The standard InChI is InChI=1S/C17H14Cl2N2O/c18-13-8-5-10(9-14(13)19)16-20-15-4-2-1-3-12(15)17(22)21(16)11-6-7-11/h1-5,8-9,11,16,20H,6-7H2. The summed E-state index contributed by atoms with van der Waals surface area (Å²) in [7, 11) is 0. The fraction of sp³-hybridized carbons (Fsp3) is 0.235. The first kappa shape index (κ1) is 13.9. The van der Waals surface area contributed by atoms with E-state index in [1.807, 2.05) is 41.3 Å². The minimum Gasteiger partial charge on any atom is -0.361 e. The number of anilines is 1. The molecule has 112 valence electrons. The van der Waals surface area contributed by atoms with Crippen molar-refractivity contribution in [2.24, 2.45) is 0 Å². The van der Waals surface area contributed by atoms with Crippen molar-refractivity contribution in [2.75, 3.05) is 5.32 Å². The van der Waals surface area contributed by atoms with Gasteiger partial charge in [-0.05, 0) is 42.7 Å². The molecule has 1 heterocycles. The second-order valence-electron chi connectivity index (χ2n) is 5.71. The molecule has 0 aromatic heterocycles. The zero-order valence-electron chi connectivity index (χ0n) is 11.7. The summed E-state index contributed by atoms with van der Waals surface area (Å²) in [5, 5.41) is 4.49. The normalized spacial score (nSPS) is 20.5. The molecular weight excluding hydrogens is 319 g/mol. The van der Waals surface area contributed by atoms with E-state index in [1.165, 1.54) is 0 Å². The van der Waals surface area contributed by atoms with Crippen molar-refractivity contribution < 1.29 is 4.79 Å². The summed E-state index contributed by atoms with van der Waals surface area (Å²) in [4.78, 5) is 14.8. The molecule has 1 saturated carbocycles.